The number of piperidine rings is 1. The van der Waals surface area contributed by atoms with Gasteiger partial charge in [-0.15, -0.1) is 0 Å². The van der Waals surface area contributed by atoms with Crippen molar-refractivity contribution >= 4 is 5.91 Å². The van der Waals surface area contributed by atoms with Crippen molar-refractivity contribution in [2.24, 2.45) is 5.73 Å². The van der Waals surface area contributed by atoms with Gasteiger partial charge in [-0.05, 0) is 38.0 Å². The van der Waals surface area contributed by atoms with Gasteiger partial charge in [-0.3, -0.25) is 4.79 Å². The van der Waals surface area contributed by atoms with Crippen LogP contribution in [-0.4, -0.2) is 22.9 Å². The van der Waals surface area contributed by atoms with Gasteiger partial charge in [-0.1, -0.05) is 0 Å². The molecule has 5 heteroatoms. The molecule has 1 aliphatic rings. The molecule has 0 aliphatic carbocycles. The molecule has 104 valence electrons. The van der Waals surface area contributed by atoms with Crippen molar-refractivity contribution in [3.63, 3.8) is 0 Å². The van der Waals surface area contributed by atoms with Crippen LogP contribution in [0.15, 0.2) is 18.2 Å². The summed E-state index contributed by atoms with van der Waals surface area (Å²) in [5.74, 6) is -1.32. The van der Waals surface area contributed by atoms with E-state index in [1.807, 2.05) is 13.8 Å². The lowest BCUT2D eigenvalue weighted by Gasteiger charge is -2.42. The van der Waals surface area contributed by atoms with Crippen LogP contribution in [0.4, 0.5) is 8.78 Å². The van der Waals surface area contributed by atoms with E-state index in [1.54, 1.807) is 4.90 Å². The van der Waals surface area contributed by atoms with Crippen molar-refractivity contribution in [3.05, 3.63) is 35.4 Å². The molecule has 0 saturated carbocycles. The van der Waals surface area contributed by atoms with Gasteiger partial charge < -0.3 is 10.6 Å². The van der Waals surface area contributed by atoms with Gasteiger partial charge in [0.1, 0.15) is 11.6 Å². The molecule has 1 aromatic rings. The summed E-state index contributed by atoms with van der Waals surface area (Å²) in [6.07, 6.45) is 0.915. The van der Waals surface area contributed by atoms with Crippen LogP contribution in [-0.2, 0) is 4.79 Å². The zero-order chi connectivity index (χ0) is 14.2. The molecular weight excluding hydrogens is 250 g/mol. The fraction of sp³-hybridized carbons (Fsp3) is 0.500. The number of nitrogens with zero attached hydrogens (tertiary/aromatic N) is 1. The first-order valence-corrected chi connectivity index (χ1v) is 6.43. The molecule has 0 bridgehead atoms. The van der Waals surface area contributed by atoms with Crippen LogP contribution in [0.3, 0.4) is 0 Å². The highest BCUT2D eigenvalue weighted by molar-refractivity contribution is 5.78. The number of amides is 1. The third-order valence-electron chi connectivity index (χ3n) is 3.47. The zero-order valence-corrected chi connectivity index (χ0v) is 11.1. The van der Waals surface area contributed by atoms with Gasteiger partial charge in [0.25, 0.3) is 0 Å². The van der Waals surface area contributed by atoms with Crippen LogP contribution >= 0.6 is 0 Å². The van der Waals surface area contributed by atoms with Crippen LogP contribution in [0.2, 0.25) is 0 Å². The largest absolute Gasteiger partial charge is 0.332 e. The van der Waals surface area contributed by atoms with E-state index < -0.39 is 17.7 Å². The lowest BCUT2D eigenvalue weighted by molar-refractivity contribution is -0.139. The molecule has 2 rings (SSSR count). The number of rotatable bonds is 2. The molecular formula is C14H18F2N2O. The van der Waals surface area contributed by atoms with E-state index in [9.17, 15) is 13.6 Å². The molecule has 0 spiro atoms. The molecule has 1 aliphatic heterocycles. The van der Waals surface area contributed by atoms with E-state index in [4.69, 9.17) is 5.73 Å². The Kier molecular flexibility index (Phi) is 3.85. The van der Waals surface area contributed by atoms with E-state index in [2.05, 4.69) is 0 Å². The van der Waals surface area contributed by atoms with Gasteiger partial charge in [-0.2, -0.15) is 0 Å². The Bertz CT molecular complexity index is 470. The Morgan fingerprint density at radius 3 is 2.37 bits per heavy atom. The first kappa shape index (κ1) is 13.9. The number of likely N-dealkylation sites (tertiary alicyclic amines) is 1. The third-order valence-corrected chi connectivity index (χ3v) is 3.47. The van der Waals surface area contributed by atoms with Crippen molar-refractivity contribution in [1.29, 1.82) is 0 Å². The minimum Gasteiger partial charge on any atom is -0.332 e. The maximum absolute atomic E-state index is 13.4. The van der Waals surface area contributed by atoms with Crippen molar-refractivity contribution in [2.75, 3.05) is 0 Å². The Morgan fingerprint density at radius 1 is 1.26 bits per heavy atom. The minimum absolute atomic E-state index is 0.0219. The molecule has 1 aromatic carbocycles. The number of nitrogens with two attached hydrogens (primary N) is 1. The first-order chi connectivity index (χ1) is 8.90. The van der Waals surface area contributed by atoms with Gasteiger partial charge in [0.15, 0.2) is 0 Å². The predicted octanol–water partition coefficient (Wildman–Crippen LogP) is 2.36. The van der Waals surface area contributed by atoms with Crippen molar-refractivity contribution in [3.8, 4) is 0 Å². The lowest BCUT2D eigenvalue weighted by Crippen LogP contribution is -2.51. The summed E-state index contributed by atoms with van der Waals surface area (Å²) in [6, 6.07) is 2.49. The normalized spacial score (nSPS) is 24.1. The van der Waals surface area contributed by atoms with Crippen molar-refractivity contribution in [1.82, 2.24) is 4.90 Å². The molecule has 0 radical (unpaired) electrons. The fourth-order valence-electron chi connectivity index (χ4n) is 2.70. The Balaban J connectivity index is 2.45. The zero-order valence-electron chi connectivity index (χ0n) is 11.1. The minimum atomic E-state index is -0.649. The highest BCUT2D eigenvalue weighted by atomic mass is 19.1. The van der Waals surface area contributed by atoms with Crippen LogP contribution in [0.1, 0.15) is 38.3 Å². The smallest absolute Gasteiger partial charge is 0.223 e. The van der Waals surface area contributed by atoms with Crippen LogP contribution < -0.4 is 5.73 Å². The number of hydrogen-bond donors (Lipinski definition) is 1. The lowest BCUT2D eigenvalue weighted by atomic mass is 9.89. The summed E-state index contributed by atoms with van der Waals surface area (Å²) < 4.78 is 26.7. The molecule has 3 nitrogen and oxygen atoms in total. The van der Waals surface area contributed by atoms with E-state index in [1.165, 1.54) is 12.1 Å². The number of halogens is 2. The second kappa shape index (κ2) is 5.25. The van der Waals surface area contributed by atoms with Crippen molar-refractivity contribution < 1.29 is 13.6 Å². The van der Waals surface area contributed by atoms with Gasteiger partial charge in [-0.25, -0.2) is 8.78 Å². The summed E-state index contributed by atoms with van der Waals surface area (Å²) >= 11 is 0. The first-order valence-electron chi connectivity index (χ1n) is 6.43. The van der Waals surface area contributed by atoms with Crippen molar-refractivity contribution in [2.45, 2.75) is 44.8 Å². The van der Waals surface area contributed by atoms with Gasteiger partial charge >= 0.3 is 0 Å². The molecule has 2 N–H and O–H groups in total. The predicted molar refractivity (Wildman–Crippen MR) is 68.3 cm³/mol. The molecule has 1 saturated heterocycles. The number of hydrogen-bond acceptors (Lipinski definition) is 2. The summed E-state index contributed by atoms with van der Waals surface area (Å²) in [4.78, 5) is 13.6. The average molecular weight is 268 g/mol. The van der Waals surface area contributed by atoms with Gasteiger partial charge in [0, 0.05) is 24.6 Å². The molecule has 0 aromatic heterocycles. The van der Waals surface area contributed by atoms with E-state index >= 15 is 0 Å². The third kappa shape index (κ3) is 2.76. The van der Waals surface area contributed by atoms with E-state index in [-0.39, 0.29) is 18.0 Å². The molecule has 2 atom stereocenters. The summed E-state index contributed by atoms with van der Waals surface area (Å²) in [7, 11) is 0. The molecule has 1 amide bonds. The van der Waals surface area contributed by atoms with Crippen LogP contribution in [0.25, 0.3) is 0 Å². The maximum atomic E-state index is 13.4. The topological polar surface area (TPSA) is 46.3 Å². The monoisotopic (exact) mass is 268 g/mol. The van der Waals surface area contributed by atoms with E-state index in [0.717, 1.165) is 6.07 Å². The standard InChI is InChI=1S/C14H18F2N2O/c1-8(2)18-13(19)4-3-12(17)14(18)9-5-10(15)7-11(16)6-9/h5-8,12,14H,3-4,17H2,1-2H3. The number of carbonyl (C=O) groups is 1. The van der Waals surface area contributed by atoms with Crippen LogP contribution in [0, 0.1) is 11.6 Å². The Labute approximate surface area is 111 Å². The SMILES string of the molecule is CC(C)N1C(=O)CCC(N)C1c1cc(F)cc(F)c1. The van der Waals surface area contributed by atoms with Crippen LogP contribution in [0.5, 0.6) is 0 Å². The average Bonchev–Trinajstić information content (AvgIpc) is 2.29. The highest BCUT2D eigenvalue weighted by Gasteiger charge is 2.36. The highest BCUT2D eigenvalue weighted by Crippen LogP contribution is 2.33. The summed E-state index contributed by atoms with van der Waals surface area (Å²) in [5, 5.41) is 0. The summed E-state index contributed by atoms with van der Waals surface area (Å²) in [5.41, 5.74) is 6.49. The summed E-state index contributed by atoms with van der Waals surface area (Å²) in [6.45, 7) is 3.75. The molecule has 19 heavy (non-hydrogen) atoms. The molecule has 1 fully saturated rings. The second-order valence-corrected chi connectivity index (χ2v) is 5.24. The molecule has 1 heterocycles. The number of benzene rings is 1. The molecule has 2 unspecified atom stereocenters. The van der Waals surface area contributed by atoms with E-state index in [0.29, 0.717) is 18.4 Å². The number of carbonyl (C=O) groups excluding carboxylic acids is 1. The fourth-order valence-corrected chi connectivity index (χ4v) is 2.70. The maximum Gasteiger partial charge on any atom is 0.223 e. The second-order valence-electron chi connectivity index (χ2n) is 5.24. The Morgan fingerprint density at radius 2 is 1.84 bits per heavy atom. The van der Waals surface area contributed by atoms with Gasteiger partial charge in [0.05, 0.1) is 6.04 Å². The Hall–Kier alpha value is -1.49. The quantitative estimate of drug-likeness (QED) is 0.895. The van der Waals surface area contributed by atoms with Gasteiger partial charge in [0.2, 0.25) is 5.91 Å².